The third kappa shape index (κ3) is 6.24. The molecule has 0 aliphatic rings. The van der Waals surface area contributed by atoms with E-state index in [-0.39, 0.29) is 18.1 Å². The lowest BCUT2D eigenvalue weighted by Gasteiger charge is -2.29. The van der Waals surface area contributed by atoms with E-state index in [0.717, 1.165) is 28.6 Å². The smallest absolute Gasteiger partial charge is 0.221 e. The number of aromatic nitrogens is 1. The maximum atomic E-state index is 11.9. The molecule has 0 fully saturated rings. The maximum Gasteiger partial charge on any atom is 0.221 e. The van der Waals surface area contributed by atoms with E-state index in [0.29, 0.717) is 12.8 Å². The van der Waals surface area contributed by atoms with E-state index in [9.17, 15) is 4.79 Å². The van der Waals surface area contributed by atoms with E-state index < -0.39 is 0 Å². The van der Waals surface area contributed by atoms with Gasteiger partial charge in [0.25, 0.3) is 0 Å². The molecule has 4 nitrogen and oxygen atoms in total. The summed E-state index contributed by atoms with van der Waals surface area (Å²) in [7, 11) is 0. The fraction of sp³-hybridized carbons (Fsp3) is 0.714. The van der Waals surface area contributed by atoms with Crippen LogP contribution in [0.2, 0.25) is 0 Å². The summed E-state index contributed by atoms with van der Waals surface area (Å²) >= 11 is 3.39. The van der Waals surface area contributed by atoms with Gasteiger partial charge in [0.05, 0.1) is 10.7 Å². The summed E-state index contributed by atoms with van der Waals surface area (Å²) in [5.74, 6) is 1.71. The Morgan fingerprint density at radius 3 is 2.90 bits per heavy atom. The summed E-state index contributed by atoms with van der Waals surface area (Å²) < 4.78 is 0. The van der Waals surface area contributed by atoms with Crippen LogP contribution in [-0.2, 0) is 10.5 Å². The van der Waals surface area contributed by atoms with Crippen LogP contribution < -0.4 is 5.32 Å². The predicted molar refractivity (Wildman–Crippen MR) is 86.2 cm³/mol. The third-order valence-electron chi connectivity index (χ3n) is 3.28. The first-order valence-corrected chi connectivity index (χ1v) is 8.93. The van der Waals surface area contributed by atoms with Gasteiger partial charge in [-0.2, -0.15) is 11.8 Å². The number of hydrogen-bond donors (Lipinski definition) is 2. The Morgan fingerprint density at radius 1 is 1.60 bits per heavy atom. The highest BCUT2D eigenvalue weighted by molar-refractivity contribution is 7.98. The number of carbonyl (C=O) groups is 1. The molecule has 0 bridgehead atoms. The number of nitrogens with one attached hydrogen (secondary N) is 1. The van der Waals surface area contributed by atoms with Crippen LogP contribution in [-0.4, -0.2) is 33.9 Å². The van der Waals surface area contributed by atoms with Gasteiger partial charge in [-0.1, -0.05) is 6.92 Å². The lowest BCUT2D eigenvalue weighted by molar-refractivity contribution is -0.122. The zero-order valence-corrected chi connectivity index (χ0v) is 14.1. The zero-order valence-electron chi connectivity index (χ0n) is 12.4. The van der Waals surface area contributed by atoms with Crippen LogP contribution in [0.1, 0.15) is 43.8 Å². The molecule has 114 valence electrons. The van der Waals surface area contributed by atoms with E-state index in [4.69, 9.17) is 5.11 Å². The number of thiazole rings is 1. The first-order valence-electron chi connectivity index (χ1n) is 6.89. The molecule has 2 N–H and O–H groups in total. The molecule has 1 heterocycles. The second-order valence-electron chi connectivity index (χ2n) is 5.10. The van der Waals surface area contributed by atoms with Gasteiger partial charge in [0.15, 0.2) is 0 Å². The second-order valence-corrected chi connectivity index (χ2v) is 7.26. The van der Waals surface area contributed by atoms with Crippen molar-refractivity contribution in [1.82, 2.24) is 10.3 Å². The standard InChI is InChI=1S/C14H24N2O2S2/c1-4-14(3,6-7-17)16-13(18)5-8-19-9-12-10-20-11(2)15-12/h10,17H,4-9H2,1-3H3,(H,16,18). The Balaban J connectivity index is 2.22. The maximum absolute atomic E-state index is 11.9. The lowest BCUT2D eigenvalue weighted by Crippen LogP contribution is -2.46. The van der Waals surface area contributed by atoms with Gasteiger partial charge in [-0.25, -0.2) is 4.98 Å². The number of carbonyl (C=O) groups excluding carboxylic acids is 1. The van der Waals surface area contributed by atoms with E-state index in [1.807, 2.05) is 20.8 Å². The molecule has 20 heavy (non-hydrogen) atoms. The number of hydrogen-bond acceptors (Lipinski definition) is 5. The molecular weight excluding hydrogens is 292 g/mol. The van der Waals surface area contributed by atoms with E-state index in [1.54, 1.807) is 23.1 Å². The number of nitrogens with zero attached hydrogens (tertiary/aromatic N) is 1. The third-order valence-corrected chi connectivity index (χ3v) is 5.09. The minimum Gasteiger partial charge on any atom is -0.396 e. The monoisotopic (exact) mass is 316 g/mol. The van der Waals surface area contributed by atoms with Crippen LogP contribution in [0.4, 0.5) is 0 Å². The van der Waals surface area contributed by atoms with Gasteiger partial charge < -0.3 is 10.4 Å². The summed E-state index contributed by atoms with van der Waals surface area (Å²) in [5, 5.41) is 15.2. The molecule has 1 amide bonds. The van der Waals surface area contributed by atoms with Crippen molar-refractivity contribution in [3.05, 3.63) is 16.1 Å². The van der Waals surface area contributed by atoms with Gasteiger partial charge in [0, 0.05) is 35.5 Å². The van der Waals surface area contributed by atoms with Crippen molar-refractivity contribution in [2.24, 2.45) is 0 Å². The Kier molecular flexibility index (Phi) is 7.55. The minimum absolute atomic E-state index is 0.0600. The average Bonchev–Trinajstić information content (AvgIpc) is 2.81. The number of aryl methyl sites for hydroxylation is 1. The zero-order chi connectivity index (χ0) is 15.0. The summed E-state index contributed by atoms with van der Waals surface area (Å²) in [5.41, 5.74) is 0.805. The topological polar surface area (TPSA) is 62.2 Å². The van der Waals surface area contributed by atoms with Crippen LogP contribution >= 0.6 is 23.1 Å². The van der Waals surface area contributed by atoms with Crippen LogP contribution in [0.25, 0.3) is 0 Å². The van der Waals surface area contributed by atoms with Crippen LogP contribution in [0.3, 0.4) is 0 Å². The highest BCUT2D eigenvalue weighted by Gasteiger charge is 2.23. The van der Waals surface area contributed by atoms with Gasteiger partial charge in [0.2, 0.25) is 5.91 Å². The minimum atomic E-state index is -0.289. The van der Waals surface area contributed by atoms with Crippen molar-refractivity contribution in [2.75, 3.05) is 12.4 Å². The van der Waals surface area contributed by atoms with Crippen molar-refractivity contribution in [3.63, 3.8) is 0 Å². The number of thioether (sulfide) groups is 1. The van der Waals surface area contributed by atoms with Gasteiger partial charge in [-0.15, -0.1) is 11.3 Å². The molecule has 0 saturated heterocycles. The van der Waals surface area contributed by atoms with Crippen LogP contribution in [0, 0.1) is 6.92 Å². The second kappa shape index (κ2) is 8.64. The summed E-state index contributed by atoms with van der Waals surface area (Å²) in [4.78, 5) is 16.3. The SMILES string of the molecule is CCC(C)(CCO)NC(=O)CCSCc1csc(C)n1. The summed E-state index contributed by atoms with van der Waals surface area (Å²) in [6.07, 6.45) is 1.93. The normalized spacial score (nSPS) is 14.0. The van der Waals surface area contributed by atoms with Crippen molar-refractivity contribution < 1.29 is 9.90 Å². The molecule has 1 aromatic rings. The molecule has 1 unspecified atom stereocenters. The van der Waals surface area contributed by atoms with Gasteiger partial charge in [-0.05, 0) is 26.7 Å². The van der Waals surface area contributed by atoms with Crippen molar-refractivity contribution in [1.29, 1.82) is 0 Å². The van der Waals surface area contributed by atoms with E-state index >= 15 is 0 Å². The Labute approximate surface area is 129 Å². The lowest BCUT2D eigenvalue weighted by atomic mass is 9.95. The molecule has 0 aliphatic heterocycles. The van der Waals surface area contributed by atoms with Crippen molar-refractivity contribution in [2.45, 2.75) is 51.3 Å². The highest BCUT2D eigenvalue weighted by atomic mass is 32.2. The van der Waals surface area contributed by atoms with Crippen LogP contribution in [0.5, 0.6) is 0 Å². The highest BCUT2D eigenvalue weighted by Crippen LogP contribution is 2.17. The molecule has 0 aliphatic carbocycles. The van der Waals surface area contributed by atoms with Gasteiger partial charge in [0.1, 0.15) is 0 Å². The molecule has 0 radical (unpaired) electrons. The number of aliphatic hydroxyl groups is 1. The largest absolute Gasteiger partial charge is 0.396 e. The van der Waals surface area contributed by atoms with Crippen molar-refractivity contribution in [3.8, 4) is 0 Å². The Morgan fingerprint density at radius 2 is 2.35 bits per heavy atom. The predicted octanol–water partition coefficient (Wildman–Crippen LogP) is 2.74. The number of aliphatic hydroxyl groups excluding tert-OH is 1. The first-order chi connectivity index (χ1) is 9.49. The Bertz CT molecular complexity index is 423. The fourth-order valence-electron chi connectivity index (χ4n) is 1.79. The fourth-order valence-corrected chi connectivity index (χ4v) is 3.34. The molecule has 0 spiro atoms. The molecule has 1 aromatic heterocycles. The first kappa shape index (κ1) is 17.5. The number of rotatable bonds is 9. The molecule has 0 aromatic carbocycles. The molecule has 0 saturated carbocycles. The number of amides is 1. The molecule has 1 rings (SSSR count). The average molecular weight is 316 g/mol. The summed E-state index contributed by atoms with van der Waals surface area (Å²) in [6, 6.07) is 0. The quantitative estimate of drug-likeness (QED) is 0.688. The van der Waals surface area contributed by atoms with Gasteiger partial charge in [-0.3, -0.25) is 4.79 Å². The van der Waals surface area contributed by atoms with Crippen LogP contribution in [0.15, 0.2) is 5.38 Å². The Hall–Kier alpha value is -0.590. The molecule has 1 atom stereocenters. The van der Waals surface area contributed by atoms with E-state index in [2.05, 4.69) is 15.7 Å². The summed E-state index contributed by atoms with van der Waals surface area (Å²) in [6.45, 7) is 6.10. The molecular formula is C14H24N2O2S2. The van der Waals surface area contributed by atoms with E-state index in [1.165, 1.54) is 0 Å². The molecule has 6 heteroatoms. The van der Waals surface area contributed by atoms with Crippen molar-refractivity contribution >= 4 is 29.0 Å². The van der Waals surface area contributed by atoms with Gasteiger partial charge >= 0.3 is 0 Å².